The van der Waals surface area contributed by atoms with Crippen molar-refractivity contribution in [2.45, 2.75) is 44.9 Å². The molecule has 1 fully saturated rings. The highest BCUT2D eigenvalue weighted by Gasteiger charge is 2.20. The molecule has 1 aliphatic carbocycles. The Balaban J connectivity index is 1.38. The molecule has 37 heavy (non-hydrogen) atoms. The lowest BCUT2D eigenvalue weighted by Gasteiger charge is -2.24. The van der Waals surface area contributed by atoms with Gasteiger partial charge in [-0.05, 0) is 71.0 Å². The number of ether oxygens (including phenoxy) is 1. The molecule has 0 spiro atoms. The Labute approximate surface area is 219 Å². The molecule has 1 saturated carbocycles. The van der Waals surface area contributed by atoms with Crippen molar-refractivity contribution in [1.29, 1.82) is 0 Å². The highest BCUT2D eigenvalue weighted by Crippen LogP contribution is 2.30. The molecule has 0 atom stereocenters. The number of fused-ring (bicyclic) bond motifs is 3. The van der Waals surface area contributed by atoms with Gasteiger partial charge in [0, 0.05) is 43.9 Å². The first kappa shape index (κ1) is 25.0. The van der Waals surface area contributed by atoms with E-state index in [1.54, 1.807) is 12.4 Å². The minimum Gasteiger partial charge on any atom is -0.491 e. The molecule has 2 bridgehead atoms. The number of pyridine rings is 1. The number of benzene rings is 2. The van der Waals surface area contributed by atoms with Crippen LogP contribution in [0.15, 0.2) is 67.0 Å². The summed E-state index contributed by atoms with van der Waals surface area (Å²) in [6.45, 7) is 1.80. The van der Waals surface area contributed by atoms with E-state index in [0.717, 1.165) is 34.4 Å². The van der Waals surface area contributed by atoms with Crippen LogP contribution in [0.2, 0.25) is 0 Å². The number of nitrogens with one attached hydrogen (secondary N) is 1. The van der Waals surface area contributed by atoms with Crippen LogP contribution in [0.4, 0.5) is 0 Å². The molecule has 3 aromatic rings. The summed E-state index contributed by atoms with van der Waals surface area (Å²) in [7, 11) is 0. The van der Waals surface area contributed by atoms with Gasteiger partial charge in [0.1, 0.15) is 12.4 Å². The average Bonchev–Trinajstić information content (AvgIpc) is 3.45. The maximum absolute atomic E-state index is 13.1. The Morgan fingerprint density at radius 1 is 0.973 bits per heavy atom. The second kappa shape index (κ2) is 12.0. The van der Waals surface area contributed by atoms with Gasteiger partial charge in [-0.2, -0.15) is 0 Å². The predicted molar refractivity (Wildman–Crippen MR) is 145 cm³/mol. The van der Waals surface area contributed by atoms with Gasteiger partial charge in [0.05, 0.1) is 6.54 Å². The van der Waals surface area contributed by atoms with E-state index in [0.29, 0.717) is 50.6 Å². The van der Waals surface area contributed by atoms with Crippen LogP contribution in [0.1, 0.15) is 60.0 Å². The zero-order valence-electron chi connectivity index (χ0n) is 21.3. The number of hydrogen-bond donors (Lipinski definition) is 1. The predicted octanol–water partition coefficient (Wildman–Crippen LogP) is 5.26. The number of carbonyl (C=O) groups is 2. The Bertz CT molecular complexity index is 1220. The summed E-state index contributed by atoms with van der Waals surface area (Å²) in [5.41, 5.74) is 4.89. The Hall–Kier alpha value is -3.67. The van der Waals surface area contributed by atoms with Gasteiger partial charge in [-0.3, -0.25) is 14.6 Å². The third-order valence-corrected chi connectivity index (χ3v) is 7.54. The zero-order chi connectivity index (χ0) is 25.5. The van der Waals surface area contributed by atoms with Crippen LogP contribution >= 0.6 is 0 Å². The summed E-state index contributed by atoms with van der Waals surface area (Å²) < 4.78 is 6.28. The molecular formula is C31H35N3O3. The van der Waals surface area contributed by atoms with E-state index in [1.165, 1.54) is 25.7 Å². The lowest BCUT2D eigenvalue weighted by Crippen LogP contribution is -2.40. The van der Waals surface area contributed by atoms with Crippen LogP contribution < -0.4 is 10.1 Å². The fourth-order valence-corrected chi connectivity index (χ4v) is 5.44. The van der Waals surface area contributed by atoms with E-state index in [9.17, 15) is 9.59 Å². The molecule has 0 radical (unpaired) electrons. The molecule has 2 amide bonds. The average molecular weight is 498 g/mol. The molecule has 6 heteroatoms. The summed E-state index contributed by atoms with van der Waals surface area (Å²) >= 11 is 0. The van der Waals surface area contributed by atoms with Gasteiger partial charge in [-0.15, -0.1) is 0 Å². The topological polar surface area (TPSA) is 71.5 Å². The van der Waals surface area contributed by atoms with Crippen molar-refractivity contribution in [3.05, 3.63) is 83.7 Å². The van der Waals surface area contributed by atoms with E-state index in [2.05, 4.69) is 22.4 Å². The number of aromatic nitrogens is 1. The van der Waals surface area contributed by atoms with Gasteiger partial charge in [-0.1, -0.05) is 43.9 Å². The first-order valence-electron chi connectivity index (χ1n) is 13.5. The van der Waals surface area contributed by atoms with Gasteiger partial charge in [0.2, 0.25) is 5.91 Å². The van der Waals surface area contributed by atoms with Gasteiger partial charge >= 0.3 is 0 Å². The molecule has 0 unspecified atom stereocenters. The minimum atomic E-state index is -0.112. The van der Waals surface area contributed by atoms with Crippen LogP contribution in [0.5, 0.6) is 5.75 Å². The molecule has 192 valence electrons. The zero-order valence-corrected chi connectivity index (χ0v) is 21.3. The molecule has 2 aliphatic rings. The monoisotopic (exact) mass is 497 g/mol. The van der Waals surface area contributed by atoms with Crippen molar-refractivity contribution in [2.24, 2.45) is 5.92 Å². The summed E-state index contributed by atoms with van der Waals surface area (Å²) in [6, 6.07) is 17.9. The van der Waals surface area contributed by atoms with Crippen molar-refractivity contribution >= 4 is 11.8 Å². The molecule has 0 saturated heterocycles. The third kappa shape index (κ3) is 6.56. The van der Waals surface area contributed by atoms with E-state index < -0.39 is 0 Å². The van der Waals surface area contributed by atoms with E-state index in [-0.39, 0.29) is 11.8 Å². The second-order valence-electron chi connectivity index (χ2n) is 10.1. The highest BCUT2D eigenvalue weighted by molar-refractivity contribution is 5.94. The first-order valence-corrected chi connectivity index (χ1v) is 13.5. The van der Waals surface area contributed by atoms with Crippen LogP contribution in [0.25, 0.3) is 11.1 Å². The SMILES string of the molecule is O=C1NCCN(C(=O)CCC2CCCC2)CCOc2ccc(-c3ccncc3)cc2Cc2cccc1c2. The lowest BCUT2D eigenvalue weighted by molar-refractivity contribution is -0.131. The minimum absolute atomic E-state index is 0.112. The van der Waals surface area contributed by atoms with Crippen LogP contribution in [-0.2, 0) is 11.2 Å². The largest absolute Gasteiger partial charge is 0.491 e. The molecule has 1 aromatic heterocycles. The van der Waals surface area contributed by atoms with E-state index in [4.69, 9.17) is 4.74 Å². The van der Waals surface area contributed by atoms with Crippen LogP contribution in [0, 0.1) is 5.92 Å². The first-order chi connectivity index (χ1) is 18.2. The number of carbonyl (C=O) groups excluding carboxylic acids is 2. The molecule has 1 N–H and O–H groups in total. The highest BCUT2D eigenvalue weighted by atomic mass is 16.5. The fourth-order valence-electron chi connectivity index (χ4n) is 5.44. The maximum Gasteiger partial charge on any atom is 0.251 e. The Morgan fingerprint density at radius 3 is 2.65 bits per heavy atom. The Morgan fingerprint density at radius 2 is 1.81 bits per heavy atom. The van der Waals surface area contributed by atoms with Crippen molar-refractivity contribution in [3.63, 3.8) is 0 Å². The number of amides is 2. The molecule has 2 aromatic carbocycles. The van der Waals surface area contributed by atoms with Crippen molar-refractivity contribution in [3.8, 4) is 16.9 Å². The standard InChI is InChI=1S/C31H35N3O3/c35-30(11-8-23-4-1-2-5-23)34-17-16-33-31(36)27-7-3-6-24(20-27)21-28-22-26(25-12-14-32-15-13-25)9-10-29(28)37-19-18-34/h3,6-7,9-10,12-15,20,22-23H,1-2,4-5,8,11,16-19,21H2,(H,33,36). The maximum atomic E-state index is 13.1. The van der Waals surface area contributed by atoms with Crippen LogP contribution in [-0.4, -0.2) is 47.9 Å². The second-order valence-corrected chi connectivity index (χ2v) is 10.1. The van der Waals surface area contributed by atoms with Crippen molar-refractivity contribution < 1.29 is 14.3 Å². The Kier molecular flexibility index (Phi) is 8.14. The van der Waals surface area contributed by atoms with Crippen molar-refractivity contribution in [1.82, 2.24) is 15.2 Å². The molecular weight excluding hydrogens is 462 g/mol. The summed E-state index contributed by atoms with van der Waals surface area (Å²) in [6.07, 6.45) is 10.8. The molecule has 6 nitrogen and oxygen atoms in total. The molecule has 1 aliphatic heterocycles. The summed E-state index contributed by atoms with van der Waals surface area (Å²) in [4.78, 5) is 32.0. The van der Waals surface area contributed by atoms with Gasteiger partial charge in [-0.25, -0.2) is 0 Å². The molecule has 2 heterocycles. The van der Waals surface area contributed by atoms with Gasteiger partial charge in [0.25, 0.3) is 5.91 Å². The summed E-state index contributed by atoms with van der Waals surface area (Å²) in [5.74, 6) is 1.52. The normalized spacial score (nSPS) is 16.9. The summed E-state index contributed by atoms with van der Waals surface area (Å²) in [5, 5.41) is 3.00. The van der Waals surface area contributed by atoms with E-state index >= 15 is 0 Å². The van der Waals surface area contributed by atoms with Gasteiger partial charge < -0.3 is 15.0 Å². The van der Waals surface area contributed by atoms with Crippen molar-refractivity contribution in [2.75, 3.05) is 26.2 Å². The lowest BCUT2D eigenvalue weighted by atomic mass is 9.97. The third-order valence-electron chi connectivity index (χ3n) is 7.54. The van der Waals surface area contributed by atoms with Gasteiger partial charge in [0.15, 0.2) is 0 Å². The number of hydrogen-bond acceptors (Lipinski definition) is 4. The van der Waals surface area contributed by atoms with Crippen LogP contribution in [0.3, 0.4) is 0 Å². The number of nitrogens with zero attached hydrogens (tertiary/aromatic N) is 2. The molecule has 5 rings (SSSR count). The number of rotatable bonds is 4. The smallest absolute Gasteiger partial charge is 0.251 e. The fraction of sp³-hybridized carbons (Fsp3) is 0.387. The quantitative estimate of drug-likeness (QED) is 0.534. The van der Waals surface area contributed by atoms with E-state index in [1.807, 2.05) is 47.4 Å².